The molecule has 224 valence electrons. The molecule has 0 N–H and O–H groups in total. The summed E-state index contributed by atoms with van der Waals surface area (Å²) in [6.07, 6.45) is 0.484. The lowest BCUT2D eigenvalue weighted by molar-refractivity contribution is -0.243. The van der Waals surface area contributed by atoms with Crippen molar-refractivity contribution in [3.05, 3.63) is 67.6 Å². The predicted octanol–water partition coefficient (Wildman–Crippen LogP) is 7.03. The molecule has 4 rings (SSSR count). The number of carbonyl (C=O) groups is 5. The zero-order valence-corrected chi connectivity index (χ0v) is 26.2. The Kier molecular flexibility index (Phi) is 9.34. The number of ketones is 2. The first-order valence-corrected chi connectivity index (χ1v) is 14.6. The first kappa shape index (κ1) is 32.3. The van der Waals surface area contributed by atoms with E-state index in [1.807, 2.05) is 0 Å². The summed E-state index contributed by atoms with van der Waals surface area (Å²) in [4.78, 5) is 64.2. The van der Waals surface area contributed by atoms with Crippen LogP contribution < -0.4 is 0 Å². The standard InChI is InChI=1S/C30H28Cl4O8/c1-29(2,3)28(39)42-30(4,41-27(38)19-12-17(19)25(36)15-6-8-21(32)23(34)10-15)13-40-26(37)18-11-16(18)24(35)14-5-7-20(31)22(33)9-14/h5-10,16-19H,11-13H2,1-4H3/t16-,17-,18-,19-,30?/m0/s1. The van der Waals surface area contributed by atoms with Crippen LogP contribution in [-0.2, 0) is 28.6 Å². The van der Waals surface area contributed by atoms with Crippen LogP contribution in [0.4, 0.5) is 0 Å². The Morgan fingerprint density at radius 2 is 1.12 bits per heavy atom. The molecule has 8 nitrogen and oxygen atoms in total. The zero-order valence-electron chi connectivity index (χ0n) is 23.2. The highest BCUT2D eigenvalue weighted by molar-refractivity contribution is 6.42. The molecule has 2 fully saturated rings. The summed E-state index contributed by atoms with van der Waals surface area (Å²) in [5.41, 5.74) is -0.343. The summed E-state index contributed by atoms with van der Waals surface area (Å²) >= 11 is 23.9. The van der Waals surface area contributed by atoms with E-state index >= 15 is 0 Å². The highest BCUT2D eigenvalue weighted by Crippen LogP contribution is 2.44. The SMILES string of the molecule is CC(COC(=O)[C@H]1C[C@@H]1C(=O)c1ccc(Cl)c(Cl)c1)(OC(=O)[C@H]1C[C@@H]1C(=O)c1ccc(Cl)c(Cl)c1)OC(=O)C(C)(C)C. The lowest BCUT2D eigenvalue weighted by Gasteiger charge is -2.31. The Balaban J connectivity index is 1.39. The Bertz CT molecular complexity index is 1470. The zero-order chi connectivity index (χ0) is 31.1. The van der Waals surface area contributed by atoms with Crippen LogP contribution >= 0.6 is 46.4 Å². The quantitative estimate of drug-likeness (QED) is 0.152. The van der Waals surface area contributed by atoms with Crippen LogP contribution in [0.3, 0.4) is 0 Å². The van der Waals surface area contributed by atoms with Gasteiger partial charge >= 0.3 is 17.9 Å². The van der Waals surface area contributed by atoms with E-state index in [0.717, 1.165) is 0 Å². The van der Waals surface area contributed by atoms with Crippen LogP contribution in [0.25, 0.3) is 0 Å². The smallest absolute Gasteiger partial charge is 0.314 e. The van der Waals surface area contributed by atoms with Gasteiger partial charge in [0.15, 0.2) is 18.2 Å². The minimum absolute atomic E-state index is 0.211. The molecule has 1 unspecified atom stereocenters. The van der Waals surface area contributed by atoms with Gasteiger partial charge in [-0.2, -0.15) is 0 Å². The summed E-state index contributed by atoms with van der Waals surface area (Å²) in [6, 6.07) is 8.90. The molecule has 2 aliphatic carbocycles. The lowest BCUT2D eigenvalue weighted by Crippen LogP contribution is -2.45. The molecule has 2 aliphatic rings. The highest BCUT2D eigenvalue weighted by atomic mass is 35.5. The second kappa shape index (κ2) is 12.2. The van der Waals surface area contributed by atoms with E-state index in [1.54, 1.807) is 20.8 Å². The van der Waals surface area contributed by atoms with E-state index in [1.165, 1.54) is 43.3 Å². The first-order chi connectivity index (χ1) is 19.5. The molecule has 0 aromatic heterocycles. The van der Waals surface area contributed by atoms with Crippen molar-refractivity contribution in [2.45, 2.75) is 46.3 Å². The van der Waals surface area contributed by atoms with E-state index in [-0.39, 0.29) is 34.5 Å². The van der Waals surface area contributed by atoms with Crippen molar-refractivity contribution >= 4 is 75.9 Å². The molecule has 5 atom stereocenters. The topological polar surface area (TPSA) is 113 Å². The van der Waals surface area contributed by atoms with E-state index in [9.17, 15) is 24.0 Å². The fraction of sp³-hybridized carbons (Fsp3) is 0.433. The van der Waals surface area contributed by atoms with Gasteiger partial charge < -0.3 is 14.2 Å². The first-order valence-electron chi connectivity index (χ1n) is 13.1. The number of hydrogen-bond acceptors (Lipinski definition) is 8. The third-order valence-electron chi connectivity index (χ3n) is 6.98. The highest BCUT2D eigenvalue weighted by Gasteiger charge is 2.53. The van der Waals surface area contributed by atoms with Crippen LogP contribution in [0, 0.1) is 29.1 Å². The third kappa shape index (κ3) is 7.46. The van der Waals surface area contributed by atoms with E-state index < -0.39 is 59.4 Å². The number of Topliss-reactive ketones (excluding diaryl/α,β-unsaturated/α-hetero) is 2. The number of carbonyl (C=O) groups excluding carboxylic acids is 5. The summed E-state index contributed by atoms with van der Waals surface area (Å²) in [5, 5.41) is 1.02. The summed E-state index contributed by atoms with van der Waals surface area (Å²) in [6.45, 7) is 5.52. The molecule has 0 bridgehead atoms. The van der Waals surface area contributed by atoms with Crippen molar-refractivity contribution in [2.75, 3.05) is 6.61 Å². The number of hydrogen-bond donors (Lipinski definition) is 0. The molecule has 0 aliphatic heterocycles. The molecule has 2 saturated carbocycles. The van der Waals surface area contributed by atoms with Gasteiger partial charge in [0, 0.05) is 29.9 Å². The van der Waals surface area contributed by atoms with Crippen molar-refractivity contribution in [1.82, 2.24) is 0 Å². The molecular weight excluding hydrogens is 630 g/mol. The molecular formula is C30H28Cl4O8. The number of benzene rings is 2. The van der Waals surface area contributed by atoms with Gasteiger partial charge in [0.1, 0.15) is 0 Å². The average Bonchev–Trinajstić information content (AvgIpc) is 3.83. The van der Waals surface area contributed by atoms with Gasteiger partial charge in [-0.3, -0.25) is 24.0 Å². The van der Waals surface area contributed by atoms with Crippen LogP contribution in [0.15, 0.2) is 36.4 Å². The van der Waals surface area contributed by atoms with Crippen molar-refractivity contribution in [3.8, 4) is 0 Å². The van der Waals surface area contributed by atoms with Gasteiger partial charge in [0.2, 0.25) is 0 Å². The van der Waals surface area contributed by atoms with Crippen LogP contribution in [0.2, 0.25) is 20.1 Å². The minimum Gasteiger partial charge on any atom is -0.457 e. The maximum absolute atomic E-state index is 13.0. The fourth-order valence-corrected chi connectivity index (χ4v) is 4.84. The second-order valence-corrected chi connectivity index (χ2v) is 13.3. The van der Waals surface area contributed by atoms with Gasteiger partial charge in [-0.05, 0) is 70.0 Å². The predicted molar refractivity (Wildman–Crippen MR) is 156 cm³/mol. The Hall–Kier alpha value is -2.65. The average molecular weight is 658 g/mol. The molecule has 0 amide bonds. The summed E-state index contributed by atoms with van der Waals surface area (Å²) < 4.78 is 16.4. The van der Waals surface area contributed by atoms with Gasteiger partial charge in [-0.15, -0.1) is 0 Å². The monoisotopic (exact) mass is 656 g/mol. The number of halogens is 4. The molecule has 2 aromatic carbocycles. The van der Waals surface area contributed by atoms with Crippen molar-refractivity contribution < 1.29 is 38.2 Å². The molecule has 2 aromatic rings. The Morgan fingerprint density at radius 1 is 0.667 bits per heavy atom. The van der Waals surface area contributed by atoms with E-state index in [0.29, 0.717) is 21.2 Å². The Morgan fingerprint density at radius 3 is 1.55 bits per heavy atom. The number of esters is 3. The maximum Gasteiger partial charge on any atom is 0.314 e. The Labute approximate surface area is 262 Å². The lowest BCUT2D eigenvalue weighted by atomic mass is 9.97. The summed E-state index contributed by atoms with van der Waals surface area (Å²) in [7, 11) is 0. The molecule has 0 saturated heterocycles. The van der Waals surface area contributed by atoms with Gasteiger partial charge in [-0.1, -0.05) is 46.4 Å². The summed E-state index contributed by atoms with van der Waals surface area (Å²) in [5.74, 6) is -7.53. The van der Waals surface area contributed by atoms with Crippen molar-refractivity contribution in [3.63, 3.8) is 0 Å². The maximum atomic E-state index is 13.0. The molecule has 0 radical (unpaired) electrons. The van der Waals surface area contributed by atoms with E-state index in [4.69, 9.17) is 60.6 Å². The van der Waals surface area contributed by atoms with Gasteiger partial charge in [0.25, 0.3) is 5.79 Å². The molecule has 12 heteroatoms. The fourth-order valence-electron chi connectivity index (χ4n) is 4.24. The number of ether oxygens (including phenoxy) is 3. The van der Waals surface area contributed by atoms with Gasteiger partial charge in [-0.25, -0.2) is 0 Å². The number of rotatable bonds is 10. The van der Waals surface area contributed by atoms with Crippen LogP contribution in [0.1, 0.15) is 61.3 Å². The van der Waals surface area contributed by atoms with E-state index in [2.05, 4.69) is 0 Å². The van der Waals surface area contributed by atoms with Crippen molar-refractivity contribution in [1.29, 1.82) is 0 Å². The largest absolute Gasteiger partial charge is 0.457 e. The van der Waals surface area contributed by atoms with Crippen molar-refractivity contribution in [2.24, 2.45) is 29.1 Å². The normalized spacial score (nSPS) is 22.4. The third-order valence-corrected chi connectivity index (χ3v) is 8.46. The van der Waals surface area contributed by atoms with Crippen LogP contribution in [0.5, 0.6) is 0 Å². The van der Waals surface area contributed by atoms with Crippen LogP contribution in [-0.4, -0.2) is 41.9 Å². The molecule has 42 heavy (non-hydrogen) atoms. The second-order valence-electron chi connectivity index (χ2n) is 11.7. The molecule has 0 spiro atoms. The van der Waals surface area contributed by atoms with Gasteiger partial charge in [0.05, 0.1) is 37.3 Å². The molecule has 0 heterocycles. The minimum atomic E-state index is -1.98.